The molecule has 2 heterocycles. The van der Waals surface area contributed by atoms with Crippen molar-refractivity contribution >= 4 is 0 Å². The molecule has 104 valence electrons. The van der Waals surface area contributed by atoms with Crippen LogP contribution in [0.2, 0.25) is 0 Å². The number of rotatable bonds is 2. The van der Waals surface area contributed by atoms with Crippen LogP contribution in [0, 0.1) is 11.7 Å². The van der Waals surface area contributed by atoms with E-state index in [9.17, 15) is 9.50 Å². The molecule has 0 aliphatic carbocycles. The highest BCUT2D eigenvalue weighted by atomic mass is 19.1. The Bertz CT molecular complexity index is 419. The minimum Gasteiger partial charge on any atom is -0.388 e. The van der Waals surface area contributed by atoms with Gasteiger partial charge >= 0.3 is 0 Å². The Labute approximate surface area is 114 Å². The van der Waals surface area contributed by atoms with Crippen LogP contribution in [0.25, 0.3) is 0 Å². The van der Waals surface area contributed by atoms with Crippen molar-refractivity contribution in [1.29, 1.82) is 0 Å². The summed E-state index contributed by atoms with van der Waals surface area (Å²) in [5.74, 6) is 0.0860. The number of nitrogens with zero attached hydrogens (tertiary/aromatic N) is 1. The second-order valence-electron chi connectivity index (χ2n) is 5.97. The smallest absolute Gasteiger partial charge is 0.123 e. The molecule has 3 atom stereocenters. The molecule has 2 fully saturated rings. The largest absolute Gasteiger partial charge is 0.388 e. The molecule has 0 saturated carbocycles. The summed E-state index contributed by atoms with van der Waals surface area (Å²) in [5.41, 5.74) is 0.857. The van der Waals surface area contributed by atoms with Crippen LogP contribution in [0.5, 0.6) is 0 Å². The third kappa shape index (κ3) is 2.82. The molecule has 0 amide bonds. The Balaban J connectivity index is 1.67. The first-order valence-corrected chi connectivity index (χ1v) is 7.41. The molecule has 1 aromatic rings. The molecule has 0 aromatic heterocycles. The van der Waals surface area contributed by atoms with Gasteiger partial charge < -0.3 is 10.0 Å². The number of hydrogen-bond donors (Lipinski definition) is 1. The second-order valence-corrected chi connectivity index (χ2v) is 5.97. The normalized spacial score (nSPS) is 29.8. The van der Waals surface area contributed by atoms with Crippen LogP contribution >= 0.6 is 0 Å². The fourth-order valence-corrected chi connectivity index (χ4v) is 3.64. The summed E-state index contributed by atoms with van der Waals surface area (Å²) < 4.78 is 12.9. The molecule has 2 saturated heterocycles. The Morgan fingerprint density at radius 2 is 1.89 bits per heavy atom. The van der Waals surface area contributed by atoms with E-state index in [4.69, 9.17) is 0 Å². The highest BCUT2D eigenvalue weighted by Gasteiger charge is 2.33. The Kier molecular flexibility index (Phi) is 3.85. The lowest BCUT2D eigenvalue weighted by molar-refractivity contribution is 0.0154. The molecule has 1 N–H and O–H groups in total. The van der Waals surface area contributed by atoms with E-state index in [0.717, 1.165) is 24.9 Å². The van der Waals surface area contributed by atoms with Crippen LogP contribution < -0.4 is 0 Å². The number of fused-ring (bicyclic) bond motifs is 1. The number of benzene rings is 1. The predicted octanol–water partition coefficient (Wildman–Crippen LogP) is 3.12. The molecular formula is C16H22FNO. The third-order valence-electron chi connectivity index (χ3n) is 4.77. The van der Waals surface area contributed by atoms with Crippen LogP contribution in [0.15, 0.2) is 24.3 Å². The number of piperidine rings is 2. The predicted molar refractivity (Wildman–Crippen MR) is 73.3 cm³/mol. The molecular weight excluding hydrogens is 241 g/mol. The average Bonchev–Trinajstić information content (AvgIpc) is 2.47. The summed E-state index contributed by atoms with van der Waals surface area (Å²) in [7, 11) is 0. The molecule has 0 bridgehead atoms. The number of halogens is 1. The van der Waals surface area contributed by atoms with Gasteiger partial charge in [-0.05, 0) is 62.4 Å². The molecule has 3 rings (SSSR count). The van der Waals surface area contributed by atoms with Crippen LogP contribution in [0.3, 0.4) is 0 Å². The summed E-state index contributed by atoms with van der Waals surface area (Å²) in [4.78, 5) is 2.58. The van der Waals surface area contributed by atoms with Gasteiger partial charge in [-0.3, -0.25) is 0 Å². The maximum atomic E-state index is 12.9. The summed E-state index contributed by atoms with van der Waals surface area (Å²) in [6, 6.07) is 6.96. The topological polar surface area (TPSA) is 23.5 Å². The lowest BCUT2D eigenvalue weighted by Gasteiger charge is -2.43. The summed E-state index contributed by atoms with van der Waals surface area (Å²) in [5, 5.41) is 10.5. The molecule has 19 heavy (non-hydrogen) atoms. The Hall–Kier alpha value is -0.930. The number of aliphatic hydroxyl groups excluding tert-OH is 1. The van der Waals surface area contributed by atoms with E-state index in [-0.39, 0.29) is 5.82 Å². The van der Waals surface area contributed by atoms with E-state index in [1.165, 1.54) is 37.9 Å². The Morgan fingerprint density at radius 1 is 1.11 bits per heavy atom. The van der Waals surface area contributed by atoms with Crippen LogP contribution in [-0.2, 0) is 0 Å². The molecule has 0 radical (unpaired) electrons. The molecule has 0 spiro atoms. The fraction of sp³-hybridized carbons (Fsp3) is 0.625. The zero-order valence-electron chi connectivity index (χ0n) is 11.3. The van der Waals surface area contributed by atoms with Crippen molar-refractivity contribution in [3.63, 3.8) is 0 Å². The number of hydrogen-bond acceptors (Lipinski definition) is 2. The maximum Gasteiger partial charge on any atom is 0.123 e. The summed E-state index contributed by atoms with van der Waals surface area (Å²) >= 11 is 0. The van der Waals surface area contributed by atoms with Crippen LogP contribution in [-0.4, -0.2) is 29.1 Å². The zero-order chi connectivity index (χ0) is 13.2. The van der Waals surface area contributed by atoms with Gasteiger partial charge in [0.2, 0.25) is 0 Å². The summed E-state index contributed by atoms with van der Waals surface area (Å²) in [6.45, 7) is 2.33. The summed E-state index contributed by atoms with van der Waals surface area (Å²) in [6.07, 6.45) is 5.60. The van der Waals surface area contributed by atoms with Crippen molar-refractivity contribution in [2.45, 2.75) is 44.2 Å². The molecule has 0 unspecified atom stereocenters. The van der Waals surface area contributed by atoms with Gasteiger partial charge in [-0.15, -0.1) is 0 Å². The average molecular weight is 263 g/mol. The van der Waals surface area contributed by atoms with Gasteiger partial charge in [-0.1, -0.05) is 18.6 Å². The number of aliphatic hydroxyl groups is 1. The fourth-order valence-electron chi connectivity index (χ4n) is 3.64. The quantitative estimate of drug-likeness (QED) is 0.886. The Morgan fingerprint density at radius 3 is 2.68 bits per heavy atom. The molecule has 2 aliphatic rings. The van der Waals surface area contributed by atoms with E-state index in [2.05, 4.69) is 4.90 Å². The van der Waals surface area contributed by atoms with Gasteiger partial charge in [-0.25, -0.2) is 4.39 Å². The molecule has 2 nitrogen and oxygen atoms in total. The second kappa shape index (κ2) is 5.59. The van der Waals surface area contributed by atoms with E-state index in [0.29, 0.717) is 12.0 Å². The van der Waals surface area contributed by atoms with Crippen molar-refractivity contribution < 1.29 is 9.50 Å². The van der Waals surface area contributed by atoms with E-state index in [1.54, 1.807) is 12.1 Å². The van der Waals surface area contributed by atoms with Gasteiger partial charge in [-0.2, -0.15) is 0 Å². The lowest BCUT2D eigenvalue weighted by Crippen LogP contribution is -2.46. The lowest BCUT2D eigenvalue weighted by atomic mass is 9.81. The van der Waals surface area contributed by atoms with E-state index in [1.807, 2.05) is 0 Å². The first-order valence-electron chi connectivity index (χ1n) is 7.41. The highest BCUT2D eigenvalue weighted by Crippen LogP contribution is 2.36. The molecule has 3 heteroatoms. The first kappa shape index (κ1) is 13.1. The minimum absolute atomic E-state index is 0.238. The van der Waals surface area contributed by atoms with Crippen LogP contribution in [0.1, 0.15) is 43.8 Å². The van der Waals surface area contributed by atoms with Crippen molar-refractivity contribution in [3.05, 3.63) is 35.6 Å². The van der Waals surface area contributed by atoms with Crippen molar-refractivity contribution in [1.82, 2.24) is 4.90 Å². The third-order valence-corrected chi connectivity index (χ3v) is 4.77. The molecule has 1 aromatic carbocycles. The van der Waals surface area contributed by atoms with Gasteiger partial charge in [0, 0.05) is 6.04 Å². The van der Waals surface area contributed by atoms with Gasteiger partial charge in [0.1, 0.15) is 5.82 Å². The van der Waals surface area contributed by atoms with Crippen molar-refractivity contribution in [2.75, 3.05) is 13.1 Å². The molecule has 2 aliphatic heterocycles. The monoisotopic (exact) mass is 263 g/mol. The maximum absolute atomic E-state index is 12.9. The van der Waals surface area contributed by atoms with Gasteiger partial charge in [0.15, 0.2) is 0 Å². The van der Waals surface area contributed by atoms with Gasteiger partial charge in [0.25, 0.3) is 0 Å². The first-order chi connectivity index (χ1) is 9.24. The SMILES string of the molecule is O[C@H](c1ccc(F)cc1)[C@H]1CCN2CCCC[C@H]2C1. The van der Waals surface area contributed by atoms with E-state index < -0.39 is 6.10 Å². The zero-order valence-corrected chi connectivity index (χ0v) is 11.3. The van der Waals surface area contributed by atoms with Crippen LogP contribution in [0.4, 0.5) is 4.39 Å². The van der Waals surface area contributed by atoms with Gasteiger partial charge in [0.05, 0.1) is 6.10 Å². The van der Waals surface area contributed by atoms with Crippen molar-refractivity contribution in [3.8, 4) is 0 Å². The standard InChI is InChI=1S/C16H22FNO/c17-14-6-4-12(5-7-14)16(19)13-8-10-18-9-2-1-3-15(18)11-13/h4-7,13,15-16,19H,1-3,8-11H2/t13-,15-,16+/m0/s1. The highest BCUT2D eigenvalue weighted by molar-refractivity contribution is 5.19. The minimum atomic E-state index is -0.440. The van der Waals surface area contributed by atoms with Crippen molar-refractivity contribution in [2.24, 2.45) is 5.92 Å². The van der Waals surface area contributed by atoms with E-state index >= 15 is 0 Å².